The van der Waals surface area contributed by atoms with Crippen LogP contribution in [-0.4, -0.2) is 30.3 Å². The lowest BCUT2D eigenvalue weighted by Gasteiger charge is -2.11. The normalized spacial score (nSPS) is 12.0. The SMILES string of the molecule is Cc1cc(OCC(=O)N[C@@H](C)CO)ccc1Cl. The lowest BCUT2D eigenvalue weighted by Crippen LogP contribution is -2.38. The minimum absolute atomic E-state index is 0.0780. The first-order valence-corrected chi connectivity index (χ1v) is 5.70. The molecule has 5 heteroatoms. The summed E-state index contributed by atoms with van der Waals surface area (Å²) in [5, 5.41) is 12.0. The first-order valence-electron chi connectivity index (χ1n) is 5.32. The summed E-state index contributed by atoms with van der Waals surface area (Å²) in [5.41, 5.74) is 0.897. The predicted octanol–water partition coefficient (Wildman–Crippen LogP) is 1.52. The molecule has 0 aliphatic carbocycles. The Balaban J connectivity index is 2.45. The van der Waals surface area contributed by atoms with Crippen LogP contribution in [0.25, 0.3) is 0 Å². The van der Waals surface area contributed by atoms with Gasteiger partial charge in [0.2, 0.25) is 0 Å². The summed E-state index contributed by atoms with van der Waals surface area (Å²) in [5.74, 6) is 0.331. The molecule has 0 aliphatic heterocycles. The summed E-state index contributed by atoms with van der Waals surface area (Å²) in [7, 11) is 0. The standard InChI is InChI=1S/C12H16ClNO3/c1-8-5-10(3-4-11(8)13)17-7-12(16)14-9(2)6-15/h3-5,9,15H,6-7H2,1-2H3,(H,14,16)/t9-/m0/s1. The van der Waals surface area contributed by atoms with Crippen LogP contribution in [0.5, 0.6) is 5.75 Å². The zero-order chi connectivity index (χ0) is 12.8. The smallest absolute Gasteiger partial charge is 0.258 e. The van der Waals surface area contributed by atoms with E-state index in [9.17, 15) is 4.79 Å². The molecule has 0 bridgehead atoms. The molecule has 0 heterocycles. The van der Waals surface area contributed by atoms with Crippen LogP contribution in [0.3, 0.4) is 0 Å². The average Bonchev–Trinajstić information content (AvgIpc) is 2.30. The van der Waals surface area contributed by atoms with Gasteiger partial charge < -0.3 is 15.2 Å². The topological polar surface area (TPSA) is 58.6 Å². The van der Waals surface area contributed by atoms with Gasteiger partial charge in [-0.15, -0.1) is 0 Å². The van der Waals surface area contributed by atoms with Gasteiger partial charge >= 0.3 is 0 Å². The van der Waals surface area contributed by atoms with Crippen molar-refractivity contribution < 1.29 is 14.6 Å². The second kappa shape index (κ2) is 6.47. The number of hydrogen-bond donors (Lipinski definition) is 2. The van der Waals surface area contributed by atoms with Crippen molar-refractivity contribution in [2.75, 3.05) is 13.2 Å². The van der Waals surface area contributed by atoms with E-state index < -0.39 is 0 Å². The van der Waals surface area contributed by atoms with Crippen molar-refractivity contribution in [3.05, 3.63) is 28.8 Å². The Hall–Kier alpha value is -1.26. The molecule has 94 valence electrons. The average molecular weight is 258 g/mol. The minimum atomic E-state index is -0.266. The Morgan fingerprint density at radius 1 is 1.59 bits per heavy atom. The quantitative estimate of drug-likeness (QED) is 0.841. The Labute approximate surface area is 106 Å². The summed E-state index contributed by atoms with van der Waals surface area (Å²) in [6.45, 7) is 3.41. The van der Waals surface area contributed by atoms with E-state index in [4.69, 9.17) is 21.4 Å². The number of benzene rings is 1. The molecule has 1 rings (SSSR count). The molecular weight excluding hydrogens is 242 g/mol. The molecule has 2 N–H and O–H groups in total. The zero-order valence-electron chi connectivity index (χ0n) is 9.87. The van der Waals surface area contributed by atoms with Crippen LogP contribution in [0.2, 0.25) is 5.02 Å². The molecule has 1 amide bonds. The molecule has 0 radical (unpaired) electrons. The fraction of sp³-hybridized carbons (Fsp3) is 0.417. The van der Waals surface area contributed by atoms with Crippen molar-refractivity contribution in [1.82, 2.24) is 5.32 Å². The van der Waals surface area contributed by atoms with Gasteiger partial charge in [0.1, 0.15) is 5.75 Å². The van der Waals surface area contributed by atoms with Crippen LogP contribution < -0.4 is 10.1 Å². The molecule has 0 spiro atoms. The molecule has 0 fully saturated rings. The van der Waals surface area contributed by atoms with Crippen LogP contribution >= 0.6 is 11.6 Å². The fourth-order valence-corrected chi connectivity index (χ4v) is 1.34. The van der Waals surface area contributed by atoms with E-state index in [1.807, 2.05) is 6.92 Å². The number of amides is 1. The number of halogens is 1. The Bertz CT molecular complexity index is 395. The number of rotatable bonds is 5. The summed E-state index contributed by atoms with van der Waals surface area (Å²) < 4.78 is 5.30. The highest BCUT2D eigenvalue weighted by molar-refractivity contribution is 6.31. The third kappa shape index (κ3) is 4.63. The van der Waals surface area contributed by atoms with Crippen molar-refractivity contribution in [1.29, 1.82) is 0 Å². The number of carbonyl (C=O) groups is 1. The number of carbonyl (C=O) groups excluding carboxylic acids is 1. The Morgan fingerprint density at radius 3 is 2.88 bits per heavy atom. The van der Waals surface area contributed by atoms with Gasteiger partial charge in [-0.2, -0.15) is 0 Å². The highest BCUT2D eigenvalue weighted by Crippen LogP contribution is 2.20. The predicted molar refractivity (Wildman–Crippen MR) is 66.4 cm³/mol. The van der Waals surface area contributed by atoms with Crippen molar-refractivity contribution >= 4 is 17.5 Å². The maximum Gasteiger partial charge on any atom is 0.258 e. The molecule has 1 atom stereocenters. The van der Waals surface area contributed by atoms with Crippen LogP contribution in [0.4, 0.5) is 0 Å². The number of hydrogen-bond acceptors (Lipinski definition) is 3. The highest BCUT2D eigenvalue weighted by atomic mass is 35.5. The third-order valence-corrected chi connectivity index (χ3v) is 2.60. The van der Waals surface area contributed by atoms with Gasteiger partial charge in [0.25, 0.3) is 5.91 Å². The molecule has 17 heavy (non-hydrogen) atoms. The Morgan fingerprint density at radius 2 is 2.29 bits per heavy atom. The third-order valence-electron chi connectivity index (χ3n) is 2.18. The molecule has 0 aromatic heterocycles. The molecule has 1 aromatic carbocycles. The number of ether oxygens (including phenoxy) is 1. The molecule has 0 saturated heterocycles. The van der Waals surface area contributed by atoms with E-state index in [1.165, 1.54) is 0 Å². The monoisotopic (exact) mass is 257 g/mol. The molecule has 4 nitrogen and oxygen atoms in total. The number of nitrogens with one attached hydrogen (secondary N) is 1. The molecular formula is C12H16ClNO3. The largest absolute Gasteiger partial charge is 0.484 e. The van der Waals surface area contributed by atoms with E-state index >= 15 is 0 Å². The lowest BCUT2D eigenvalue weighted by atomic mass is 10.2. The maximum absolute atomic E-state index is 11.4. The number of aliphatic hydroxyl groups is 1. The van der Waals surface area contributed by atoms with Gasteiger partial charge in [-0.05, 0) is 37.6 Å². The maximum atomic E-state index is 11.4. The first kappa shape index (κ1) is 13.8. The first-order chi connectivity index (χ1) is 8.02. The minimum Gasteiger partial charge on any atom is -0.484 e. The highest BCUT2D eigenvalue weighted by Gasteiger charge is 2.07. The Kier molecular flexibility index (Phi) is 5.25. The van der Waals surface area contributed by atoms with Crippen LogP contribution in [0.15, 0.2) is 18.2 Å². The van der Waals surface area contributed by atoms with Gasteiger partial charge in [-0.1, -0.05) is 11.6 Å². The number of aliphatic hydroxyl groups excluding tert-OH is 1. The van der Waals surface area contributed by atoms with Crippen molar-refractivity contribution in [3.63, 3.8) is 0 Å². The van der Waals surface area contributed by atoms with Crippen molar-refractivity contribution in [3.8, 4) is 5.75 Å². The molecule has 0 aliphatic rings. The second-order valence-electron chi connectivity index (χ2n) is 3.85. The summed E-state index contributed by atoms with van der Waals surface area (Å²) in [4.78, 5) is 11.4. The lowest BCUT2D eigenvalue weighted by molar-refractivity contribution is -0.123. The van der Waals surface area contributed by atoms with E-state index in [-0.39, 0.29) is 25.2 Å². The number of aryl methyl sites for hydroxylation is 1. The van der Waals surface area contributed by atoms with Gasteiger partial charge in [-0.25, -0.2) is 0 Å². The van der Waals surface area contributed by atoms with Crippen LogP contribution in [-0.2, 0) is 4.79 Å². The van der Waals surface area contributed by atoms with Crippen LogP contribution in [0, 0.1) is 6.92 Å². The molecule has 1 aromatic rings. The summed E-state index contributed by atoms with van der Waals surface area (Å²) >= 11 is 5.87. The fourth-order valence-electron chi connectivity index (χ4n) is 1.22. The van der Waals surface area contributed by atoms with Gasteiger partial charge in [-0.3, -0.25) is 4.79 Å². The van der Waals surface area contributed by atoms with Crippen LogP contribution in [0.1, 0.15) is 12.5 Å². The van der Waals surface area contributed by atoms with E-state index in [2.05, 4.69) is 5.32 Å². The van der Waals surface area contributed by atoms with Crippen molar-refractivity contribution in [2.24, 2.45) is 0 Å². The summed E-state index contributed by atoms with van der Waals surface area (Å²) in [6.07, 6.45) is 0. The summed E-state index contributed by atoms with van der Waals surface area (Å²) in [6, 6.07) is 4.93. The van der Waals surface area contributed by atoms with Gasteiger partial charge in [0.15, 0.2) is 6.61 Å². The van der Waals surface area contributed by atoms with E-state index in [1.54, 1.807) is 25.1 Å². The van der Waals surface area contributed by atoms with Gasteiger partial charge in [0, 0.05) is 11.1 Å². The molecule has 0 saturated carbocycles. The van der Waals surface area contributed by atoms with Gasteiger partial charge in [0.05, 0.1) is 6.61 Å². The molecule has 0 unspecified atom stereocenters. The zero-order valence-corrected chi connectivity index (χ0v) is 10.6. The van der Waals surface area contributed by atoms with E-state index in [0.29, 0.717) is 10.8 Å². The van der Waals surface area contributed by atoms with E-state index in [0.717, 1.165) is 5.56 Å². The second-order valence-corrected chi connectivity index (χ2v) is 4.26. The van der Waals surface area contributed by atoms with Crippen molar-refractivity contribution in [2.45, 2.75) is 19.9 Å².